The first-order valence-electron chi connectivity index (χ1n) is 10.1. The zero-order chi connectivity index (χ0) is 22.0. The van der Waals surface area contributed by atoms with E-state index in [0.29, 0.717) is 27.9 Å². The van der Waals surface area contributed by atoms with Crippen LogP contribution in [0.3, 0.4) is 0 Å². The van der Waals surface area contributed by atoms with E-state index in [1.54, 1.807) is 13.3 Å². The Morgan fingerprint density at radius 1 is 1.23 bits per heavy atom. The van der Waals surface area contributed by atoms with E-state index in [1.165, 1.54) is 4.68 Å². The number of rotatable bonds is 6. The van der Waals surface area contributed by atoms with E-state index < -0.39 is 0 Å². The molecule has 4 rings (SSSR count). The van der Waals surface area contributed by atoms with Crippen LogP contribution in [0.4, 0.5) is 5.82 Å². The first-order chi connectivity index (χ1) is 15.0. The van der Waals surface area contributed by atoms with Crippen LogP contribution in [0, 0.1) is 0 Å². The number of para-hydroxylation sites is 2. The van der Waals surface area contributed by atoms with Crippen LogP contribution >= 0.6 is 0 Å². The van der Waals surface area contributed by atoms with Crippen molar-refractivity contribution in [3.05, 3.63) is 59.7 Å². The number of nitrogens with one attached hydrogen (secondary N) is 1. The molecule has 2 aromatic heterocycles. The fourth-order valence-electron chi connectivity index (χ4n) is 3.23. The molecule has 2 aromatic carbocycles. The van der Waals surface area contributed by atoms with Crippen molar-refractivity contribution in [3.8, 4) is 5.75 Å². The monoisotopic (exact) mass is 416 g/mol. The van der Waals surface area contributed by atoms with E-state index in [4.69, 9.17) is 10.5 Å². The fraction of sp³-hybridized carbons (Fsp3) is 0.217. The maximum atomic E-state index is 13.0. The van der Waals surface area contributed by atoms with Gasteiger partial charge >= 0.3 is 0 Å². The van der Waals surface area contributed by atoms with Gasteiger partial charge < -0.3 is 15.8 Å². The van der Waals surface area contributed by atoms with E-state index in [2.05, 4.69) is 20.4 Å². The quantitative estimate of drug-likeness (QED) is 0.467. The van der Waals surface area contributed by atoms with Gasteiger partial charge in [0.25, 0.3) is 5.91 Å². The van der Waals surface area contributed by atoms with Crippen LogP contribution in [0.2, 0.25) is 0 Å². The molecular formula is C23H24N6O2. The van der Waals surface area contributed by atoms with Gasteiger partial charge in [0.1, 0.15) is 22.6 Å². The number of methoxy groups -OCH3 is 1. The van der Waals surface area contributed by atoms with Crippen molar-refractivity contribution < 1.29 is 9.53 Å². The van der Waals surface area contributed by atoms with Gasteiger partial charge in [-0.25, -0.2) is 9.97 Å². The molecular weight excluding hydrogens is 392 g/mol. The number of nitrogen functional groups attached to an aromatic ring is 1. The van der Waals surface area contributed by atoms with Crippen molar-refractivity contribution in [3.63, 3.8) is 0 Å². The lowest BCUT2D eigenvalue weighted by atomic mass is 10.2. The molecule has 8 nitrogen and oxygen atoms in total. The zero-order valence-corrected chi connectivity index (χ0v) is 17.7. The summed E-state index contributed by atoms with van der Waals surface area (Å²) < 4.78 is 6.72. The van der Waals surface area contributed by atoms with Gasteiger partial charge in [-0.05, 0) is 43.2 Å². The minimum Gasteiger partial charge on any atom is -0.497 e. The van der Waals surface area contributed by atoms with Gasteiger partial charge in [0.05, 0.1) is 24.4 Å². The Bertz CT molecular complexity index is 1290. The Morgan fingerprint density at radius 2 is 1.97 bits per heavy atom. The molecule has 31 heavy (non-hydrogen) atoms. The average molecular weight is 416 g/mol. The lowest BCUT2D eigenvalue weighted by Gasteiger charge is -2.11. The summed E-state index contributed by atoms with van der Waals surface area (Å²) in [6.45, 7) is 3.94. The third-order valence-corrected chi connectivity index (χ3v) is 5.11. The van der Waals surface area contributed by atoms with Gasteiger partial charge in [-0.1, -0.05) is 31.2 Å². The molecule has 8 heteroatoms. The summed E-state index contributed by atoms with van der Waals surface area (Å²) in [4.78, 5) is 22.4. The number of aromatic nitrogens is 3. The predicted octanol–water partition coefficient (Wildman–Crippen LogP) is 3.59. The molecule has 3 N–H and O–H groups in total. The molecule has 0 saturated carbocycles. The summed E-state index contributed by atoms with van der Waals surface area (Å²) in [5.74, 6) is 0.607. The SMILES string of the molecule is CC[C@H](C)NC(=O)c1c(N)n(/N=C\c2cccc(OC)c2)c2nc3ccccc3nc12. The second-order valence-electron chi connectivity index (χ2n) is 7.26. The molecule has 4 aromatic rings. The van der Waals surface area contributed by atoms with Gasteiger partial charge in [-0.2, -0.15) is 9.78 Å². The standard InChI is InChI=1S/C23H24N6O2/c1-4-14(2)26-23(30)19-20-22(28-18-11-6-5-10-17(18)27-20)29(21(19)24)25-13-15-8-7-9-16(12-15)31-3/h5-14H,4,24H2,1-3H3,(H,26,30)/b25-13-/t14-/m0/s1. The first-order valence-corrected chi connectivity index (χ1v) is 10.1. The topological polar surface area (TPSA) is 107 Å². The highest BCUT2D eigenvalue weighted by Crippen LogP contribution is 2.28. The average Bonchev–Trinajstić information content (AvgIpc) is 3.06. The minimum atomic E-state index is -0.295. The van der Waals surface area contributed by atoms with Gasteiger partial charge in [0.2, 0.25) is 0 Å². The van der Waals surface area contributed by atoms with Gasteiger partial charge in [-0.3, -0.25) is 4.79 Å². The van der Waals surface area contributed by atoms with E-state index in [1.807, 2.05) is 62.4 Å². The first kappa shape index (κ1) is 20.3. The zero-order valence-electron chi connectivity index (χ0n) is 17.7. The van der Waals surface area contributed by atoms with Crippen molar-refractivity contribution >= 4 is 40.1 Å². The molecule has 0 spiro atoms. The molecule has 1 atom stereocenters. The number of hydrogen-bond acceptors (Lipinski definition) is 6. The van der Waals surface area contributed by atoms with Crippen LogP contribution in [-0.2, 0) is 0 Å². The number of carbonyl (C=O) groups is 1. The van der Waals surface area contributed by atoms with Crippen LogP contribution in [0.1, 0.15) is 36.2 Å². The minimum absolute atomic E-state index is 0.000925. The molecule has 0 aliphatic rings. The largest absolute Gasteiger partial charge is 0.497 e. The number of amides is 1. The number of nitrogens with zero attached hydrogens (tertiary/aromatic N) is 4. The van der Waals surface area contributed by atoms with Gasteiger partial charge in [-0.15, -0.1) is 0 Å². The number of anilines is 1. The Labute approximate surface area is 179 Å². The Morgan fingerprint density at radius 3 is 2.68 bits per heavy atom. The van der Waals surface area contributed by atoms with E-state index in [0.717, 1.165) is 12.0 Å². The van der Waals surface area contributed by atoms with Gasteiger partial charge in [0.15, 0.2) is 5.65 Å². The van der Waals surface area contributed by atoms with Crippen LogP contribution in [-0.4, -0.2) is 39.9 Å². The maximum absolute atomic E-state index is 13.0. The Hall–Kier alpha value is -3.94. The number of hydrogen-bond donors (Lipinski definition) is 2. The summed E-state index contributed by atoms with van der Waals surface area (Å²) in [5, 5.41) is 7.48. The summed E-state index contributed by atoms with van der Waals surface area (Å²) in [6.07, 6.45) is 2.44. The van der Waals surface area contributed by atoms with E-state index in [-0.39, 0.29) is 23.3 Å². The molecule has 0 fully saturated rings. The highest BCUT2D eigenvalue weighted by molar-refractivity contribution is 6.10. The lowest BCUT2D eigenvalue weighted by molar-refractivity contribution is 0.0941. The molecule has 158 valence electrons. The van der Waals surface area contributed by atoms with Crippen molar-refractivity contribution in [2.24, 2.45) is 5.10 Å². The predicted molar refractivity (Wildman–Crippen MR) is 123 cm³/mol. The number of carbonyl (C=O) groups excluding carboxylic acids is 1. The Balaban J connectivity index is 1.89. The third kappa shape index (κ3) is 3.92. The highest BCUT2D eigenvalue weighted by atomic mass is 16.5. The molecule has 0 saturated heterocycles. The molecule has 2 heterocycles. The number of fused-ring (bicyclic) bond motifs is 2. The van der Waals surface area contributed by atoms with Crippen LogP contribution in [0.25, 0.3) is 22.2 Å². The lowest BCUT2D eigenvalue weighted by Crippen LogP contribution is -2.32. The Kier molecular flexibility index (Phi) is 5.53. The van der Waals surface area contributed by atoms with Crippen molar-refractivity contribution in [1.82, 2.24) is 20.0 Å². The van der Waals surface area contributed by atoms with Gasteiger partial charge in [0, 0.05) is 6.04 Å². The number of benzene rings is 2. The molecule has 0 bridgehead atoms. The second kappa shape index (κ2) is 8.43. The molecule has 0 radical (unpaired) electrons. The highest BCUT2D eigenvalue weighted by Gasteiger charge is 2.24. The molecule has 1 amide bonds. The summed E-state index contributed by atoms with van der Waals surface area (Å²) in [7, 11) is 1.61. The van der Waals surface area contributed by atoms with Crippen LogP contribution in [0.15, 0.2) is 53.6 Å². The van der Waals surface area contributed by atoms with Crippen molar-refractivity contribution in [1.29, 1.82) is 0 Å². The molecule has 0 aliphatic carbocycles. The van der Waals surface area contributed by atoms with E-state index >= 15 is 0 Å². The summed E-state index contributed by atoms with van der Waals surface area (Å²) in [5.41, 5.74) is 9.71. The fourth-order valence-corrected chi connectivity index (χ4v) is 3.23. The molecule has 0 unspecified atom stereocenters. The maximum Gasteiger partial charge on any atom is 0.257 e. The van der Waals surface area contributed by atoms with Crippen molar-refractivity contribution in [2.75, 3.05) is 12.8 Å². The number of ether oxygens (including phenoxy) is 1. The summed E-state index contributed by atoms with van der Waals surface area (Å²) >= 11 is 0. The smallest absolute Gasteiger partial charge is 0.257 e. The normalized spacial score (nSPS) is 12.5. The van der Waals surface area contributed by atoms with Crippen LogP contribution < -0.4 is 15.8 Å². The van der Waals surface area contributed by atoms with Crippen molar-refractivity contribution in [2.45, 2.75) is 26.3 Å². The summed E-state index contributed by atoms with van der Waals surface area (Å²) in [6, 6.07) is 14.9. The van der Waals surface area contributed by atoms with Crippen LogP contribution in [0.5, 0.6) is 5.75 Å². The third-order valence-electron chi connectivity index (χ3n) is 5.11. The molecule has 0 aliphatic heterocycles. The van der Waals surface area contributed by atoms with E-state index in [9.17, 15) is 4.79 Å². The number of nitrogens with two attached hydrogens (primary N) is 1. The second-order valence-corrected chi connectivity index (χ2v) is 7.26.